The van der Waals surface area contributed by atoms with Crippen molar-refractivity contribution in [3.8, 4) is 0 Å². The summed E-state index contributed by atoms with van der Waals surface area (Å²) in [5, 5.41) is 4.98. The second kappa shape index (κ2) is 7.68. The Morgan fingerprint density at radius 3 is 2.72 bits per heavy atom. The molecular weight excluding hydrogens is 378 g/mol. The van der Waals surface area contributed by atoms with Gasteiger partial charge in [-0.15, -0.1) is 11.3 Å². The third kappa shape index (κ3) is 3.49. The number of aryl methyl sites for hydroxylation is 1. The maximum absolute atomic E-state index is 13.2. The van der Waals surface area contributed by atoms with Crippen LogP contribution in [0.4, 0.5) is 10.7 Å². The molecule has 0 atom stereocenters. The van der Waals surface area contributed by atoms with Gasteiger partial charge in [-0.3, -0.25) is 4.79 Å². The molecule has 4 aromatic rings. The molecule has 0 bridgehead atoms. The summed E-state index contributed by atoms with van der Waals surface area (Å²) in [5.74, 6) is -0.0679. The number of rotatable bonds is 4. The van der Waals surface area contributed by atoms with Crippen LogP contribution in [0.5, 0.6) is 0 Å². The fraction of sp³-hybridized carbons (Fsp3) is 0.167. The summed E-state index contributed by atoms with van der Waals surface area (Å²) in [7, 11) is 0. The van der Waals surface area contributed by atoms with Crippen LogP contribution in [-0.2, 0) is 12.8 Å². The first-order chi connectivity index (χ1) is 14.3. The van der Waals surface area contributed by atoms with Crippen LogP contribution in [0.3, 0.4) is 0 Å². The molecule has 1 aliphatic rings. The van der Waals surface area contributed by atoms with Gasteiger partial charge in [0.25, 0.3) is 5.91 Å². The van der Waals surface area contributed by atoms with Crippen molar-refractivity contribution < 1.29 is 4.79 Å². The molecule has 5 heteroatoms. The zero-order valence-corrected chi connectivity index (χ0v) is 16.8. The molecule has 0 radical (unpaired) electrons. The number of anilines is 1. The average molecular weight is 400 g/mol. The number of carbonyl (C=O) groups is 1. The van der Waals surface area contributed by atoms with E-state index in [0.29, 0.717) is 0 Å². The third-order valence-corrected chi connectivity index (χ3v) is 6.55. The summed E-state index contributed by atoms with van der Waals surface area (Å²) in [6.45, 7) is 0. The number of nitrogens with one attached hydrogen (secondary N) is 2. The fourth-order valence-electron chi connectivity index (χ4n) is 3.92. The van der Waals surface area contributed by atoms with Crippen LogP contribution in [-0.4, -0.2) is 17.1 Å². The van der Waals surface area contributed by atoms with Gasteiger partial charge < -0.3 is 10.3 Å². The SMILES string of the molecule is O=C(Nc1ccccc1)c1c(N=Cc2c[nH]c3ccccc23)sc2c1CCCC2. The van der Waals surface area contributed by atoms with Gasteiger partial charge in [0, 0.05) is 39.4 Å². The molecule has 1 aliphatic carbocycles. The minimum Gasteiger partial charge on any atom is -0.361 e. The second-order valence-electron chi connectivity index (χ2n) is 7.26. The van der Waals surface area contributed by atoms with Crippen molar-refractivity contribution in [3.63, 3.8) is 0 Å². The molecule has 2 aromatic heterocycles. The lowest BCUT2D eigenvalue weighted by atomic mass is 9.95. The van der Waals surface area contributed by atoms with Crippen LogP contribution < -0.4 is 5.32 Å². The normalized spacial score (nSPS) is 13.7. The first-order valence-corrected chi connectivity index (χ1v) is 10.7. The molecule has 2 heterocycles. The first kappa shape index (κ1) is 17.9. The molecule has 2 aromatic carbocycles. The predicted molar refractivity (Wildman–Crippen MR) is 121 cm³/mol. The quantitative estimate of drug-likeness (QED) is 0.400. The van der Waals surface area contributed by atoms with E-state index in [1.54, 1.807) is 11.3 Å². The van der Waals surface area contributed by atoms with Crippen LogP contribution in [0.15, 0.2) is 65.8 Å². The van der Waals surface area contributed by atoms with Gasteiger partial charge in [0.15, 0.2) is 0 Å². The summed E-state index contributed by atoms with van der Waals surface area (Å²) in [4.78, 5) is 22.5. The summed E-state index contributed by atoms with van der Waals surface area (Å²) < 4.78 is 0. The number of thiophene rings is 1. The maximum atomic E-state index is 13.2. The van der Waals surface area contributed by atoms with E-state index < -0.39 is 0 Å². The molecule has 0 unspecified atom stereocenters. The Morgan fingerprint density at radius 2 is 1.83 bits per heavy atom. The van der Waals surface area contributed by atoms with Gasteiger partial charge in [0.1, 0.15) is 5.00 Å². The summed E-state index contributed by atoms with van der Waals surface area (Å²) in [6, 6.07) is 17.8. The number of hydrogen-bond acceptors (Lipinski definition) is 3. The van der Waals surface area contributed by atoms with Gasteiger partial charge in [-0.2, -0.15) is 0 Å². The molecule has 0 aliphatic heterocycles. The number of benzene rings is 2. The zero-order valence-electron chi connectivity index (χ0n) is 15.9. The van der Waals surface area contributed by atoms with E-state index >= 15 is 0 Å². The highest BCUT2D eigenvalue weighted by atomic mass is 32.1. The van der Waals surface area contributed by atoms with Gasteiger partial charge in [-0.25, -0.2) is 4.99 Å². The number of aliphatic imine (C=N–C) groups is 1. The van der Waals surface area contributed by atoms with Crippen molar-refractivity contribution in [3.05, 3.63) is 82.4 Å². The molecule has 144 valence electrons. The van der Waals surface area contributed by atoms with Crippen molar-refractivity contribution in [1.29, 1.82) is 0 Å². The average Bonchev–Trinajstić information content (AvgIpc) is 3.34. The van der Waals surface area contributed by atoms with E-state index in [0.717, 1.165) is 52.0 Å². The topological polar surface area (TPSA) is 57.2 Å². The molecule has 0 spiro atoms. The van der Waals surface area contributed by atoms with Crippen molar-refractivity contribution in [2.24, 2.45) is 4.99 Å². The van der Waals surface area contributed by atoms with E-state index in [2.05, 4.69) is 22.4 Å². The number of aromatic amines is 1. The van der Waals surface area contributed by atoms with Gasteiger partial charge >= 0.3 is 0 Å². The molecule has 4 nitrogen and oxygen atoms in total. The van der Waals surface area contributed by atoms with Gasteiger partial charge in [0.2, 0.25) is 0 Å². The lowest BCUT2D eigenvalue weighted by Gasteiger charge is -2.12. The Morgan fingerprint density at radius 1 is 1.03 bits per heavy atom. The Bertz CT molecular complexity index is 1200. The standard InChI is InChI=1S/C24H21N3OS/c28-23(27-17-8-2-1-3-9-17)22-19-11-5-7-13-21(19)29-24(22)26-15-16-14-25-20-12-6-4-10-18(16)20/h1-4,6,8-10,12,14-15,25H,5,7,11,13H2,(H,27,28). The van der Waals surface area contributed by atoms with Gasteiger partial charge in [0.05, 0.1) is 5.56 Å². The third-order valence-electron chi connectivity index (χ3n) is 5.35. The van der Waals surface area contributed by atoms with Crippen molar-refractivity contribution in [2.45, 2.75) is 25.7 Å². The molecule has 0 fully saturated rings. The zero-order chi connectivity index (χ0) is 19.6. The maximum Gasteiger partial charge on any atom is 0.259 e. The summed E-state index contributed by atoms with van der Waals surface area (Å²) in [5.41, 5.74) is 4.84. The summed E-state index contributed by atoms with van der Waals surface area (Å²) >= 11 is 1.66. The van der Waals surface area contributed by atoms with Crippen LogP contribution in [0.1, 0.15) is 39.2 Å². The van der Waals surface area contributed by atoms with Gasteiger partial charge in [-0.05, 0) is 49.4 Å². The number of carbonyl (C=O) groups excluding carboxylic acids is 1. The number of aromatic nitrogens is 1. The molecule has 2 N–H and O–H groups in total. The molecule has 29 heavy (non-hydrogen) atoms. The highest BCUT2D eigenvalue weighted by molar-refractivity contribution is 7.16. The highest BCUT2D eigenvalue weighted by Gasteiger charge is 2.25. The molecule has 5 rings (SSSR count). The summed E-state index contributed by atoms with van der Waals surface area (Å²) in [6.07, 6.45) is 8.13. The van der Waals surface area contributed by atoms with E-state index in [9.17, 15) is 4.79 Å². The number of nitrogens with zero attached hydrogens (tertiary/aromatic N) is 1. The predicted octanol–water partition coefficient (Wildman–Crippen LogP) is 6.11. The van der Waals surface area contributed by atoms with Crippen LogP contribution in [0, 0.1) is 0 Å². The minimum absolute atomic E-state index is 0.0679. The van der Waals surface area contributed by atoms with Crippen LogP contribution >= 0.6 is 11.3 Å². The van der Waals surface area contributed by atoms with E-state index in [4.69, 9.17) is 4.99 Å². The Labute approximate surface area is 173 Å². The Kier molecular flexibility index (Phi) is 4.74. The van der Waals surface area contributed by atoms with Crippen molar-refractivity contribution in [2.75, 3.05) is 5.32 Å². The highest BCUT2D eigenvalue weighted by Crippen LogP contribution is 2.40. The lowest BCUT2D eigenvalue weighted by Crippen LogP contribution is -2.14. The second-order valence-corrected chi connectivity index (χ2v) is 8.34. The van der Waals surface area contributed by atoms with E-state index in [1.165, 1.54) is 16.9 Å². The minimum atomic E-state index is -0.0679. The van der Waals surface area contributed by atoms with Crippen molar-refractivity contribution >= 4 is 45.0 Å². The van der Waals surface area contributed by atoms with Gasteiger partial charge in [-0.1, -0.05) is 36.4 Å². The van der Waals surface area contributed by atoms with Crippen molar-refractivity contribution in [1.82, 2.24) is 4.98 Å². The first-order valence-electron chi connectivity index (χ1n) is 9.91. The monoisotopic (exact) mass is 399 g/mol. The number of para-hydroxylation sites is 2. The Hall–Kier alpha value is -3.18. The molecule has 0 saturated heterocycles. The number of amides is 1. The van der Waals surface area contributed by atoms with Crippen LogP contribution in [0.2, 0.25) is 0 Å². The Balaban J connectivity index is 1.52. The lowest BCUT2D eigenvalue weighted by molar-refractivity contribution is 0.102. The number of fused-ring (bicyclic) bond motifs is 2. The number of H-pyrrole nitrogens is 1. The molecule has 1 amide bonds. The number of hydrogen-bond donors (Lipinski definition) is 2. The smallest absolute Gasteiger partial charge is 0.259 e. The molecular formula is C24H21N3OS. The fourth-order valence-corrected chi connectivity index (χ4v) is 5.15. The largest absolute Gasteiger partial charge is 0.361 e. The van der Waals surface area contributed by atoms with Crippen LogP contribution in [0.25, 0.3) is 10.9 Å². The van der Waals surface area contributed by atoms with E-state index in [1.807, 2.05) is 54.9 Å². The molecule has 0 saturated carbocycles. The van der Waals surface area contributed by atoms with E-state index in [-0.39, 0.29) is 5.91 Å².